The van der Waals surface area contributed by atoms with Crippen LogP contribution in [0.2, 0.25) is 5.02 Å². The Hall–Kier alpha value is -1.88. The molecule has 1 N–H and O–H groups in total. The monoisotopic (exact) mass is 264 g/mol. The maximum atomic E-state index is 10.9. The van der Waals surface area contributed by atoms with Crippen molar-refractivity contribution >= 4 is 23.3 Å². The number of nitrogens with zero attached hydrogens (tertiary/aromatic N) is 3. The number of carbonyl (C=O) groups excluding carboxylic acids is 1. The Balaban J connectivity index is 2.11. The van der Waals surface area contributed by atoms with Gasteiger partial charge in [-0.3, -0.25) is 14.5 Å². The number of hydrogen-bond donors (Lipinski definition) is 1. The molecule has 0 saturated carbocycles. The fourth-order valence-electron chi connectivity index (χ4n) is 1.52. The Morgan fingerprint density at radius 3 is 3.00 bits per heavy atom. The zero-order valence-corrected chi connectivity index (χ0v) is 10.9. The van der Waals surface area contributed by atoms with Crippen LogP contribution in [-0.4, -0.2) is 20.7 Å². The summed E-state index contributed by atoms with van der Waals surface area (Å²) in [6, 6.07) is 3.61. The number of aromatic nitrogens is 3. The summed E-state index contributed by atoms with van der Waals surface area (Å²) in [7, 11) is 0. The van der Waals surface area contributed by atoms with Crippen LogP contribution in [0.1, 0.15) is 18.2 Å². The Morgan fingerprint density at radius 2 is 2.33 bits per heavy atom. The number of carbonyl (C=O) groups is 1. The topological polar surface area (TPSA) is 59.8 Å². The molecule has 94 valence electrons. The molecule has 2 heterocycles. The zero-order chi connectivity index (χ0) is 13.1. The molecule has 0 radical (unpaired) electrons. The van der Waals surface area contributed by atoms with Crippen molar-refractivity contribution in [2.24, 2.45) is 0 Å². The lowest BCUT2D eigenvalue weighted by Gasteiger charge is -2.03. The second kappa shape index (κ2) is 5.18. The highest BCUT2D eigenvalue weighted by Crippen LogP contribution is 2.15. The summed E-state index contributed by atoms with van der Waals surface area (Å²) in [5, 5.41) is 7.47. The first-order chi connectivity index (χ1) is 8.54. The number of rotatable bonds is 3. The number of pyridine rings is 1. The van der Waals surface area contributed by atoms with Gasteiger partial charge in [-0.15, -0.1) is 0 Å². The number of anilines is 1. The summed E-state index contributed by atoms with van der Waals surface area (Å²) in [5.41, 5.74) is 1.77. The van der Waals surface area contributed by atoms with Crippen LogP contribution in [0.25, 0.3) is 0 Å². The van der Waals surface area contributed by atoms with Gasteiger partial charge < -0.3 is 5.32 Å². The van der Waals surface area contributed by atoms with E-state index in [2.05, 4.69) is 15.4 Å². The highest BCUT2D eigenvalue weighted by atomic mass is 35.5. The number of aryl methyl sites for hydroxylation is 1. The van der Waals surface area contributed by atoms with Crippen molar-refractivity contribution in [3.63, 3.8) is 0 Å². The van der Waals surface area contributed by atoms with Crippen molar-refractivity contribution in [3.8, 4) is 0 Å². The normalized spacial score (nSPS) is 10.4. The van der Waals surface area contributed by atoms with Gasteiger partial charge in [0, 0.05) is 25.4 Å². The van der Waals surface area contributed by atoms with Crippen LogP contribution in [0.5, 0.6) is 0 Å². The third-order valence-corrected chi connectivity index (χ3v) is 2.75. The summed E-state index contributed by atoms with van der Waals surface area (Å²) < 4.78 is 1.72. The third kappa shape index (κ3) is 3.07. The molecule has 0 aliphatic rings. The summed E-state index contributed by atoms with van der Waals surface area (Å²) in [4.78, 5) is 15.1. The summed E-state index contributed by atoms with van der Waals surface area (Å²) in [5.74, 6) is 0.397. The Labute approximate surface area is 110 Å². The van der Waals surface area contributed by atoms with Crippen molar-refractivity contribution in [1.29, 1.82) is 0 Å². The van der Waals surface area contributed by atoms with E-state index in [0.29, 0.717) is 17.4 Å². The molecule has 18 heavy (non-hydrogen) atoms. The molecule has 1 amide bonds. The number of amides is 1. The minimum absolute atomic E-state index is 0.139. The van der Waals surface area contributed by atoms with Gasteiger partial charge in [0.05, 0.1) is 17.3 Å². The van der Waals surface area contributed by atoms with Gasteiger partial charge in [-0.05, 0) is 18.6 Å². The average Bonchev–Trinajstić information content (AvgIpc) is 2.70. The molecule has 0 aliphatic heterocycles. The minimum atomic E-state index is -0.139. The molecule has 0 unspecified atom stereocenters. The number of nitrogens with one attached hydrogen (secondary N) is 1. The van der Waals surface area contributed by atoms with E-state index in [9.17, 15) is 4.79 Å². The standard InChI is InChI=1S/C12H13ClN4O/c1-8-11(13)5-10(6-14-8)7-17-4-3-12(16-17)15-9(2)18/h3-6H,7H2,1-2H3,(H,15,16,18). The Morgan fingerprint density at radius 1 is 1.56 bits per heavy atom. The fourth-order valence-corrected chi connectivity index (χ4v) is 1.71. The molecule has 0 fully saturated rings. The molecule has 2 rings (SSSR count). The largest absolute Gasteiger partial charge is 0.309 e. The van der Waals surface area contributed by atoms with E-state index in [1.54, 1.807) is 23.1 Å². The maximum Gasteiger partial charge on any atom is 0.222 e. The van der Waals surface area contributed by atoms with E-state index in [-0.39, 0.29) is 5.91 Å². The molecule has 2 aromatic rings. The van der Waals surface area contributed by atoms with E-state index < -0.39 is 0 Å². The second-order valence-electron chi connectivity index (χ2n) is 3.99. The summed E-state index contributed by atoms with van der Waals surface area (Å²) in [6.45, 7) is 3.87. The van der Waals surface area contributed by atoms with E-state index in [1.807, 2.05) is 13.0 Å². The predicted molar refractivity (Wildman–Crippen MR) is 69.6 cm³/mol. The molecule has 0 spiro atoms. The number of halogens is 1. The SMILES string of the molecule is CC(=O)Nc1ccn(Cc2cnc(C)c(Cl)c2)n1. The Kier molecular flexibility index (Phi) is 3.62. The van der Waals surface area contributed by atoms with Crippen molar-refractivity contribution < 1.29 is 4.79 Å². The zero-order valence-electron chi connectivity index (χ0n) is 10.1. The van der Waals surface area contributed by atoms with Gasteiger partial charge in [0.15, 0.2) is 5.82 Å². The van der Waals surface area contributed by atoms with Crippen LogP contribution in [0.3, 0.4) is 0 Å². The lowest BCUT2D eigenvalue weighted by molar-refractivity contribution is -0.114. The molecule has 0 bridgehead atoms. The lowest BCUT2D eigenvalue weighted by Crippen LogP contribution is -2.08. The van der Waals surface area contributed by atoms with Gasteiger partial charge in [-0.25, -0.2) is 0 Å². The minimum Gasteiger partial charge on any atom is -0.309 e. The van der Waals surface area contributed by atoms with E-state index in [4.69, 9.17) is 11.6 Å². The molecule has 0 aliphatic carbocycles. The van der Waals surface area contributed by atoms with Gasteiger partial charge in [0.1, 0.15) is 0 Å². The molecule has 2 aromatic heterocycles. The van der Waals surface area contributed by atoms with Crippen LogP contribution in [-0.2, 0) is 11.3 Å². The first-order valence-corrected chi connectivity index (χ1v) is 5.84. The van der Waals surface area contributed by atoms with Crippen molar-refractivity contribution in [2.45, 2.75) is 20.4 Å². The van der Waals surface area contributed by atoms with Gasteiger partial charge in [-0.1, -0.05) is 11.6 Å². The Bertz CT molecular complexity index is 579. The molecule has 0 saturated heterocycles. The van der Waals surface area contributed by atoms with Gasteiger partial charge in [-0.2, -0.15) is 5.10 Å². The molecule has 0 aromatic carbocycles. The molecular formula is C12H13ClN4O. The smallest absolute Gasteiger partial charge is 0.222 e. The molecule has 6 heteroatoms. The average molecular weight is 265 g/mol. The van der Waals surface area contributed by atoms with E-state index in [0.717, 1.165) is 11.3 Å². The van der Waals surface area contributed by atoms with Crippen LogP contribution >= 0.6 is 11.6 Å². The highest BCUT2D eigenvalue weighted by molar-refractivity contribution is 6.31. The fraction of sp³-hybridized carbons (Fsp3) is 0.250. The summed E-state index contributed by atoms with van der Waals surface area (Å²) in [6.07, 6.45) is 3.56. The van der Waals surface area contributed by atoms with Crippen LogP contribution in [0.15, 0.2) is 24.5 Å². The predicted octanol–water partition coefficient (Wildman–Crippen LogP) is 2.25. The van der Waals surface area contributed by atoms with Crippen LogP contribution in [0, 0.1) is 6.92 Å². The molecule has 5 nitrogen and oxygen atoms in total. The van der Waals surface area contributed by atoms with E-state index >= 15 is 0 Å². The number of hydrogen-bond acceptors (Lipinski definition) is 3. The van der Waals surface area contributed by atoms with Gasteiger partial charge in [0.2, 0.25) is 5.91 Å². The quantitative estimate of drug-likeness (QED) is 0.925. The summed E-state index contributed by atoms with van der Waals surface area (Å²) >= 11 is 6.00. The van der Waals surface area contributed by atoms with Gasteiger partial charge in [0.25, 0.3) is 0 Å². The molecular weight excluding hydrogens is 252 g/mol. The van der Waals surface area contributed by atoms with Crippen LogP contribution < -0.4 is 5.32 Å². The van der Waals surface area contributed by atoms with Crippen LogP contribution in [0.4, 0.5) is 5.82 Å². The van der Waals surface area contributed by atoms with Crippen molar-refractivity contribution in [2.75, 3.05) is 5.32 Å². The lowest BCUT2D eigenvalue weighted by atomic mass is 10.2. The third-order valence-electron chi connectivity index (χ3n) is 2.37. The molecule has 0 atom stereocenters. The van der Waals surface area contributed by atoms with Crippen molar-refractivity contribution in [3.05, 3.63) is 40.8 Å². The first-order valence-electron chi connectivity index (χ1n) is 5.46. The first kappa shape index (κ1) is 12.6. The van der Waals surface area contributed by atoms with Crippen molar-refractivity contribution in [1.82, 2.24) is 14.8 Å². The maximum absolute atomic E-state index is 10.9. The highest BCUT2D eigenvalue weighted by Gasteiger charge is 2.03. The van der Waals surface area contributed by atoms with Gasteiger partial charge >= 0.3 is 0 Å². The van der Waals surface area contributed by atoms with E-state index in [1.165, 1.54) is 6.92 Å². The second-order valence-corrected chi connectivity index (χ2v) is 4.40.